The average molecular weight is 422 g/mol. The van der Waals surface area contributed by atoms with Crippen molar-refractivity contribution >= 4 is 15.9 Å². The lowest BCUT2D eigenvalue weighted by Crippen LogP contribution is -2.62. The number of hydrogen-bond acceptors (Lipinski definition) is 5. The number of piperidine rings is 1. The number of nitrogens with one attached hydrogen (secondary N) is 1. The number of benzene rings is 1. The van der Waals surface area contributed by atoms with Crippen LogP contribution in [0.4, 0.5) is 0 Å². The van der Waals surface area contributed by atoms with Crippen LogP contribution in [0, 0.1) is 0 Å². The van der Waals surface area contributed by atoms with E-state index in [4.69, 9.17) is 4.74 Å². The van der Waals surface area contributed by atoms with E-state index in [9.17, 15) is 13.2 Å². The van der Waals surface area contributed by atoms with Crippen LogP contribution in [0.3, 0.4) is 0 Å². The standard InChI is InChI=1S/C21H31N3O4S/c1-3-24-16-20(28-21(9-10-21)19(24)25)11-14-23(15-12-20)13-8-17-4-6-18(7-5-17)29(26,27)22-2/h4-7,22H,3,8-16H2,1-2H3. The zero-order chi connectivity index (χ0) is 20.7. The second kappa shape index (κ2) is 7.65. The Kier molecular flexibility index (Phi) is 5.48. The maximum absolute atomic E-state index is 12.5. The van der Waals surface area contributed by atoms with Gasteiger partial charge in [0, 0.05) is 32.7 Å². The van der Waals surface area contributed by atoms with Crippen LogP contribution in [0.5, 0.6) is 0 Å². The quantitative estimate of drug-likeness (QED) is 0.751. The molecule has 0 bridgehead atoms. The Morgan fingerprint density at radius 2 is 1.76 bits per heavy atom. The molecule has 1 N–H and O–H groups in total. The first-order valence-corrected chi connectivity index (χ1v) is 12.0. The molecule has 160 valence electrons. The van der Waals surface area contributed by atoms with Gasteiger partial charge in [0.25, 0.3) is 5.91 Å². The van der Waals surface area contributed by atoms with Gasteiger partial charge in [-0.1, -0.05) is 12.1 Å². The minimum Gasteiger partial charge on any atom is -0.357 e. The highest BCUT2D eigenvalue weighted by Crippen LogP contribution is 2.49. The Labute approximate surface area is 173 Å². The molecule has 1 aromatic carbocycles. The minimum absolute atomic E-state index is 0.180. The number of rotatable bonds is 6. The van der Waals surface area contributed by atoms with Crippen molar-refractivity contribution in [3.63, 3.8) is 0 Å². The van der Waals surface area contributed by atoms with Gasteiger partial charge in [0.05, 0.1) is 10.5 Å². The Bertz CT molecular complexity index is 856. The van der Waals surface area contributed by atoms with Crippen molar-refractivity contribution in [2.24, 2.45) is 0 Å². The van der Waals surface area contributed by atoms with Gasteiger partial charge in [0.1, 0.15) is 5.60 Å². The van der Waals surface area contributed by atoms with Gasteiger partial charge in [-0.2, -0.15) is 0 Å². The van der Waals surface area contributed by atoms with Crippen LogP contribution >= 0.6 is 0 Å². The molecule has 0 aromatic heterocycles. The largest absolute Gasteiger partial charge is 0.357 e. The van der Waals surface area contributed by atoms with Crippen molar-refractivity contribution in [2.75, 3.05) is 39.8 Å². The van der Waals surface area contributed by atoms with Crippen LogP contribution in [0.15, 0.2) is 29.2 Å². The summed E-state index contributed by atoms with van der Waals surface area (Å²) in [6.07, 6.45) is 4.53. The number of hydrogen-bond donors (Lipinski definition) is 1. The molecule has 1 aliphatic carbocycles. The Balaban J connectivity index is 1.31. The number of likely N-dealkylation sites (tertiary alicyclic amines) is 1. The van der Waals surface area contributed by atoms with Gasteiger partial charge in [0.2, 0.25) is 10.0 Å². The van der Waals surface area contributed by atoms with Gasteiger partial charge >= 0.3 is 0 Å². The van der Waals surface area contributed by atoms with Crippen molar-refractivity contribution in [3.05, 3.63) is 29.8 Å². The van der Waals surface area contributed by atoms with Gasteiger partial charge < -0.3 is 14.5 Å². The minimum atomic E-state index is -3.38. The van der Waals surface area contributed by atoms with E-state index >= 15 is 0 Å². The first-order valence-electron chi connectivity index (χ1n) is 10.6. The zero-order valence-corrected chi connectivity index (χ0v) is 18.1. The number of amides is 1. The van der Waals surface area contributed by atoms with Crippen LogP contribution < -0.4 is 4.72 Å². The molecule has 7 nitrogen and oxygen atoms in total. The van der Waals surface area contributed by atoms with Crippen LogP contribution in [0.2, 0.25) is 0 Å². The number of morpholine rings is 1. The predicted molar refractivity (Wildman–Crippen MR) is 110 cm³/mol. The van der Waals surface area contributed by atoms with Gasteiger partial charge in [-0.3, -0.25) is 4.79 Å². The number of carbonyl (C=O) groups is 1. The molecule has 3 aliphatic rings. The maximum atomic E-state index is 12.5. The lowest BCUT2D eigenvalue weighted by molar-refractivity contribution is -0.200. The summed E-state index contributed by atoms with van der Waals surface area (Å²) in [4.78, 5) is 17.3. The molecule has 29 heavy (non-hydrogen) atoms. The molecule has 1 amide bonds. The zero-order valence-electron chi connectivity index (χ0n) is 17.3. The number of sulfonamides is 1. The first kappa shape index (κ1) is 20.8. The molecule has 4 rings (SSSR count). The topological polar surface area (TPSA) is 79.0 Å². The van der Waals surface area contributed by atoms with Crippen molar-refractivity contribution < 1.29 is 17.9 Å². The number of nitrogens with zero attached hydrogens (tertiary/aromatic N) is 2. The maximum Gasteiger partial charge on any atom is 0.254 e. The molecule has 8 heteroatoms. The summed E-state index contributed by atoms with van der Waals surface area (Å²) >= 11 is 0. The summed E-state index contributed by atoms with van der Waals surface area (Å²) in [5, 5.41) is 0. The Hall–Kier alpha value is -1.48. The lowest BCUT2D eigenvalue weighted by Gasteiger charge is -2.50. The van der Waals surface area contributed by atoms with Crippen molar-refractivity contribution in [1.29, 1.82) is 0 Å². The van der Waals surface area contributed by atoms with Gasteiger partial charge in [0.15, 0.2) is 0 Å². The third-order valence-corrected chi connectivity index (χ3v) is 8.07. The van der Waals surface area contributed by atoms with Crippen LogP contribution in [0.1, 0.15) is 38.2 Å². The number of likely N-dealkylation sites (N-methyl/N-ethyl adjacent to an activating group) is 1. The molecule has 2 spiro atoms. The van der Waals surface area contributed by atoms with E-state index in [0.717, 1.165) is 70.4 Å². The molecule has 3 fully saturated rings. The SMILES string of the molecule is CCN1CC2(CCN(CCc3ccc(S(=O)(=O)NC)cc3)CC2)OC2(CC2)C1=O. The lowest BCUT2D eigenvalue weighted by atomic mass is 9.87. The van der Waals surface area contributed by atoms with Gasteiger partial charge in [-0.15, -0.1) is 0 Å². The fourth-order valence-electron chi connectivity index (χ4n) is 4.57. The van der Waals surface area contributed by atoms with E-state index in [0.29, 0.717) is 4.90 Å². The third-order valence-electron chi connectivity index (χ3n) is 6.64. The number of ether oxygens (including phenoxy) is 1. The van der Waals surface area contributed by atoms with Gasteiger partial charge in [-0.05, 0) is 63.8 Å². The molecule has 1 aromatic rings. The fraction of sp³-hybridized carbons (Fsp3) is 0.667. The first-order chi connectivity index (χ1) is 13.8. The molecule has 1 saturated carbocycles. The summed E-state index contributed by atoms with van der Waals surface area (Å²) in [6.45, 7) is 6.40. The summed E-state index contributed by atoms with van der Waals surface area (Å²) < 4.78 is 32.4. The van der Waals surface area contributed by atoms with Crippen molar-refractivity contribution in [2.45, 2.75) is 55.1 Å². The smallest absolute Gasteiger partial charge is 0.254 e. The molecule has 2 heterocycles. The highest BCUT2D eigenvalue weighted by atomic mass is 32.2. The molecule has 2 saturated heterocycles. The van der Waals surface area contributed by atoms with Crippen LogP contribution in [-0.2, 0) is 26.0 Å². The summed E-state index contributed by atoms with van der Waals surface area (Å²) in [7, 11) is -1.96. The molecule has 0 unspecified atom stereocenters. The second-order valence-electron chi connectivity index (χ2n) is 8.54. The molecular weight excluding hydrogens is 390 g/mol. The predicted octanol–water partition coefficient (Wildman–Crippen LogP) is 1.38. The summed E-state index contributed by atoms with van der Waals surface area (Å²) in [5.74, 6) is 0.191. The molecule has 2 aliphatic heterocycles. The summed E-state index contributed by atoms with van der Waals surface area (Å²) in [5.41, 5.74) is 0.445. The fourth-order valence-corrected chi connectivity index (χ4v) is 5.30. The average Bonchev–Trinajstić information content (AvgIpc) is 3.51. The normalized spacial score (nSPS) is 23.7. The van der Waals surface area contributed by atoms with Crippen molar-refractivity contribution in [1.82, 2.24) is 14.5 Å². The van der Waals surface area contributed by atoms with Crippen LogP contribution in [0.25, 0.3) is 0 Å². The van der Waals surface area contributed by atoms with E-state index in [1.165, 1.54) is 7.05 Å². The number of carbonyl (C=O) groups excluding carboxylic acids is 1. The highest BCUT2D eigenvalue weighted by molar-refractivity contribution is 7.89. The van der Waals surface area contributed by atoms with E-state index in [1.807, 2.05) is 17.0 Å². The third kappa shape index (κ3) is 4.08. The Morgan fingerprint density at radius 3 is 2.31 bits per heavy atom. The second-order valence-corrected chi connectivity index (χ2v) is 10.4. The van der Waals surface area contributed by atoms with Crippen LogP contribution in [-0.4, -0.2) is 75.1 Å². The molecule has 0 atom stereocenters. The monoisotopic (exact) mass is 421 g/mol. The molecular formula is C21H31N3O4S. The van der Waals surface area contributed by atoms with E-state index in [-0.39, 0.29) is 11.5 Å². The van der Waals surface area contributed by atoms with E-state index in [1.54, 1.807) is 12.1 Å². The molecule has 0 radical (unpaired) electrons. The highest BCUT2D eigenvalue weighted by Gasteiger charge is 2.61. The van der Waals surface area contributed by atoms with E-state index in [2.05, 4.69) is 16.5 Å². The van der Waals surface area contributed by atoms with E-state index < -0.39 is 15.6 Å². The van der Waals surface area contributed by atoms with Crippen molar-refractivity contribution in [3.8, 4) is 0 Å². The van der Waals surface area contributed by atoms with Gasteiger partial charge in [-0.25, -0.2) is 13.1 Å². The Morgan fingerprint density at radius 1 is 1.10 bits per heavy atom. The summed E-state index contributed by atoms with van der Waals surface area (Å²) in [6, 6.07) is 7.10.